The Morgan fingerprint density at radius 2 is 2.17 bits per heavy atom. The van der Waals surface area contributed by atoms with Gasteiger partial charge in [-0.1, -0.05) is 6.07 Å². The van der Waals surface area contributed by atoms with Gasteiger partial charge in [-0.15, -0.1) is 0 Å². The van der Waals surface area contributed by atoms with E-state index in [2.05, 4.69) is 10.6 Å². The summed E-state index contributed by atoms with van der Waals surface area (Å²) in [6.45, 7) is 4.78. The first-order valence-corrected chi connectivity index (χ1v) is 5.89. The summed E-state index contributed by atoms with van der Waals surface area (Å²) in [6, 6.07) is 5.37. The molecule has 5 nitrogen and oxygen atoms in total. The number of hydrogen-bond acceptors (Lipinski definition) is 4. The molecule has 0 saturated heterocycles. The van der Waals surface area contributed by atoms with Crippen LogP contribution in [0.4, 0.5) is 0 Å². The van der Waals surface area contributed by atoms with E-state index in [4.69, 9.17) is 4.74 Å². The predicted molar refractivity (Wildman–Crippen MR) is 69.8 cm³/mol. The minimum atomic E-state index is -0.0317. The van der Waals surface area contributed by atoms with E-state index in [-0.39, 0.29) is 17.7 Å². The summed E-state index contributed by atoms with van der Waals surface area (Å²) in [5, 5.41) is 15.5. The lowest BCUT2D eigenvalue weighted by atomic mass is 10.1. The van der Waals surface area contributed by atoms with Gasteiger partial charge in [-0.3, -0.25) is 4.79 Å². The number of benzene rings is 1. The number of hydrogen-bond donors (Lipinski definition) is 3. The predicted octanol–water partition coefficient (Wildman–Crippen LogP) is 1.19. The quantitative estimate of drug-likeness (QED) is 0.665. The molecule has 18 heavy (non-hydrogen) atoms. The highest BCUT2D eigenvalue weighted by atomic mass is 16.5. The zero-order chi connectivity index (χ0) is 13.5. The first-order valence-electron chi connectivity index (χ1n) is 5.89. The number of aromatic hydroxyl groups is 1. The second kappa shape index (κ2) is 6.86. The Bertz CT molecular complexity index is 407. The summed E-state index contributed by atoms with van der Waals surface area (Å²) >= 11 is 0. The maximum absolute atomic E-state index is 10.7. The topological polar surface area (TPSA) is 70.6 Å². The van der Waals surface area contributed by atoms with E-state index in [0.29, 0.717) is 18.8 Å². The number of ether oxygens (including phenoxy) is 1. The van der Waals surface area contributed by atoms with Crippen LogP contribution in [0.5, 0.6) is 11.5 Å². The minimum Gasteiger partial charge on any atom is -0.504 e. The molecule has 0 heterocycles. The summed E-state index contributed by atoms with van der Waals surface area (Å²) in [6.07, 6.45) is 0. The summed E-state index contributed by atoms with van der Waals surface area (Å²) in [7, 11) is 1.52. The molecule has 3 N–H and O–H groups in total. The van der Waals surface area contributed by atoms with E-state index in [1.54, 1.807) is 12.1 Å². The molecule has 0 saturated carbocycles. The van der Waals surface area contributed by atoms with Gasteiger partial charge in [0.1, 0.15) is 0 Å². The average molecular weight is 252 g/mol. The first kappa shape index (κ1) is 14.3. The number of rotatable bonds is 6. The molecule has 1 aromatic rings. The molecule has 0 spiro atoms. The van der Waals surface area contributed by atoms with Crippen LogP contribution in [-0.4, -0.2) is 31.2 Å². The number of carbonyl (C=O) groups excluding carboxylic acids is 1. The molecule has 1 rings (SSSR count). The van der Waals surface area contributed by atoms with E-state index in [1.807, 2.05) is 13.0 Å². The third kappa shape index (κ3) is 4.25. The van der Waals surface area contributed by atoms with Crippen LogP contribution in [0.1, 0.15) is 25.5 Å². The van der Waals surface area contributed by atoms with Gasteiger partial charge in [0.05, 0.1) is 7.11 Å². The first-order chi connectivity index (χ1) is 8.54. The molecule has 1 aromatic carbocycles. The zero-order valence-electron chi connectivity index (χ0n) is 11.0. The van der Waals surface area contributed by atoms with Crippen molar-refractivity contribution in [3.05, 3.63) is 23.8 Å². The van der Waals surface area contributed by atoms with E-state index < -0.39 is 0 Å². The van der Waals surface area contributed by atoms with Crippen LogP contribution >= 0.6 is 0 Å². The number of phenolic OH excluding ortho intramolecular Hbond substituents is 1. The lowest BCUT2D eigenvalue weighted by Crippen LogP contribution is -2.31. The van der Waals surface area contributed by atoms with Gasteiger partial charge in [0.15, 0.2) is 11.5 Å². The van der Waals surface area contributed by atoms with E-state index in [0.717, 1.165) is 5.56 Å². The molecule has 0 aromatic heterocycles. The molecule has 0 aliphatic carbocycles. The van der Waals surface area contributed by atoms with Gasteiger partial charge >= 0.3 is 0 Å². The summed E-state index contributed by atoms with van der Waals surface area (Å²) in [5.74, 6) is 0.561. The Hall–Kier alpha value is -1.75. The molecule has 1 amide bonds. The van der Waals surface area contributed by atoms with Gasteiger partial charge in [0.2, 0.25) is 5.91 Å². The smallest absolute Gasteiger partial charge is 0.216 e. The van der Waals surface area contributed by atoms with Gasteiger partial charge in [0.25, 0.3) is 0 Å². The van der Waals surface area contributed by atoms with Gasteiger partial charge in [-0.2, -0.15) is 0 Å². The molecular weight excluding hydrogens is 232 g/mol. The van der Waals surface area contributed by atoms with Crippen molar-refractivity contribution in [3.63, 3.8) is 0 Å². The summed E-state index contributed by atoms with van der Waals surface area (Å²) < 4.78 is 5.06. The number of phenols is 1. The van der Waals surface area contributed by atoms with Crippen molar-refractivity contribution in [3.8, 4) is 11.5 Å². The highest BCUT2D eigenvalue weighted by Crippen LogP contribution is 2.28. The van der Waals surface area contributed by atoms with E-state index >= 15 is 0 Å². The highest BCUT2D eigenvalue weighted by molar-refractivity contribution is 5.72. The molecule has 100 valence electrons. The van der Waals surface area contributed by atoms with Crippen molar-refractivity contribution in [2.45, 2.75) is 19.9 Å². The molecule has 0 aliphatic rings. The molecule has 1 unspecified atom stereocenters. The maximum Gasteiger partial charge on any atom is 0.216 e. The van der Waals surface area contributed by atoms with Crippen LogP contribution in [0.25, 0.3) is 0 Å². The molecule has 0 fully saturated rings. The van der Waals surface area contributed by atoms with Crippen LogP contribution in [0.3, 0.4) is 0 Å². The van der Waals surface area contributed by atoms with Crippen molar-refractivity contribution in [1.29, 1.82) is 0 Å². The van der Waals surface area contributed by atoms with E-state index in [1.165, 1.54) is 14.0 Å². The summed E-state index contributed by atoms with van der Waals surface area (Å²) in [5.41, 5.74) is 1.02. The van der Waals surface area contributed by atoms with Gasteiger partial charge in [0, 0.05) is 26.1 Å². The monoisotopic (exact) mass is 252 g/mol. The highest BCUT2D eigenvalue weighted by Gasteiger charge is 2.08. The number of methoxy groups -OCH3 is 1. The molecule has 1 atom stereocenters. The number of nitrogens with one attached hydrogen (secondary N) is 2. The van der Waals surface area contributed by atoms with Crippen LogP contribution in [0.2, 0.25) is 0 Å². The van der Waals surface area contributed by atoms with Crippen molar-refractivity contribution >= 4 is 5.91 Å². The number of carbonyl (C=O) groups is 1. The fourth-order valence-electron chi connectivity index (χ4n) is 1.61. The second-order valence-corrected chi connectivity index (χ2v) is 4.09. The van der Waals surface area contributed by atoms with Crippen molar-refractivity contribution < 1.29 is 14.6 Å². The van der Waals surface area contributed by atoms with Crippen molar-refractivity contribution in [2.24, 2.45) is 0 Å². The summed E-state index contributed by atoms with van der Waals surface area (Å²) in [4.78, 5) is 10.7. The van der Waals surface area contributed by atoms with Crippen LogP contribution < -0.4 is 15.4 Å². The standard InChI is InChI=1S/C13H20N2O3/c1-9(14-6-7-15-10(2)16)11-4-5-12(17)13(8-11)18-3/h4-5,8-9,14,17H,6-7H2,1-3H3,(H,15,16). The van der Waals surface area contributed by atoms with Gasteiger partial charge in [-0.05, 0) is 24.6 Å². The Kier molecular flexibility index (Phi) is 5.45. The molecule has 0 radical (unpaired) electrons. The Balaban J connectivity index is 2.50. The fraction of sp³-hybridized carbons (Fsp3) is 0.462. The molecular formula is C13H20N2O3. The van der Waals surface area contributed by atoms with Crippen molar-refractivity contribution in [1.82, 2.24) is 10.6 Å². The lowest BCUT2D eigenvalue weighted by molar-refractivity contribution is -0.118. The third-order valence-corrected chi connectivity index (χ3v) is 2.65. The SMILES string of the molecule is COc1cc(C(C)NCCNC(C)=O)ccc1O. The third-order valence-electron chi connectivity index (χ3n) is 2.65. The largest absolute Gasteiger partial charge is 0.504 e. The molecule has 5 heteroatoms. The van der Waals surface area contributed by atoms with Gasteiger partial charge < -0.3 is 20.5 Å². The second-order valence-electron chi connectivity index (χ2n) is 4.09. The average Bonchev–Trinajstić information content (AvgIpc) is 2.34. The van der Waals surface area contributed by atoms with E-state index in [9.17, 15) is 9.90 Å². The Morgan fingerprint density at radius 3 is 2.78 bits per heavy atom. The normalized spacial score (nSPS) is 11.9. The van der Waals surface area contributed by atoms with Crippen LogP contribution in [0.15, 0.2) is 18.2 Å². The lowest BCUT2D eigenvalue weighted by Gasteiger charge is -2.15. The molecule has 0 bridgehead atoms. The zero-order valence-corrected chi connectivity index (χ0v) is 11.0. The van der Waals surface area contributed by atoms with Crippen LogP contribution in [-0.2, 0) is 4.79 Å². The molecule has 0 aliphatic heterocycles. The van der Waals surface area contributed by atoms with Crippen LogP contribution in [0, 0.1) is 0 Å². The minimum absolute atomic E-state index is 0.0317. The number of amides is 1. The maximum atomic E-state index is 10.7. The van der Waals surface area contributed by atoms with Gasteiger partial charge in [-0.25, -0.2) is 0 Å². The van der Waals surface area contributed by atoms with Crippen molar-refractivity contribution in [2.75, 3.05) is 20.2 Å². The Labute approximate surface area is 107 Å². The Morgan fingerprint density at radius 1 is 1.44 bits per heavy atom. The fourth-order valence-corrected chi connectivity index (χ4v) is 1.61.